The van der Waals surface area contributed by atoms with Crippen LogP contribution >= 0.6 is 0 Å². The number of para-hydroxylation sites is 2. The summed E-state index contributed by atoms with van der Waals surface area (Å²) in [5.41, 5.74) is 12.9. The Morgan fingerprint density at radius 2 is 0.825 bits per heavy atom. The molecule has 0 saturated carbocycles. The molecule has 16 aromatic rings. The highest BCUT2D eigenvalue weighted by Gasteiger charge is 2.25. The summed E-state index contributed by atoms with van der Waals surface area (Å²) in [7, 11) is 6.31. The second-order valence-electron chi connectivity index (χ2n) is 23.9. The number of hydrogen-bond donors (Lipinski definition) is 0. The molecule has 0 fully saturated rings. The first-order chi connectivity index (χ1) is 57.7. The Bertz CT molecular complexity index is 7290. The highest BCUT2D eigenvalue weighted by molar-refractivity contribution is 6.12. The van der Waals surface area contributed by atoms with Crippen LogP contribution in [0.15, 0.2) is 206 Å². The maximum Gasteiger partial charge on any atom is 0.213 e. The van der Waals surface area contributed by atoms with E-state index in [-0.39, 0.29) is 53.5 Å². The van der Waals surface area contributed by atoms with Crippen LogP contribution in [-0.2, 0) is 28.2 Å². The summed E-state index contributed by atoms with van der Waals surface area (Å²) in [4.78, 5) is 0. The van der Waals surface area contributed by atoms with Gasteiger partial charge in [0.1, 0.15) is 77.9 Å². The standard InChI is InChI=1S/C23H21N2O.C22H22NO.C21H17N2O.C21H20NO/c1-14(2)16-10-11-25(4)20(12-16)18-8-9-21-22(15(18)3)19-7-5-6-17(13-24)23(19)26-21;1-13-6-8-20-18(11-13)22-16(4)17(7-9-21(22)24-20)19-12-14(2)10-15(3)23(19)5;1-13-9-10-23(3)18(11-13)16-7-8-19-20(14(16)2)17-6-4-5-15(12-22)21(17)24-19;1-13-5-6-17-20(12-13)23-19-8-7-16(15(3)21(17)19)18-11-14(2)9-10-22(18)4/h5-12,14H,1-4H3;6-12H,1-5H3;4-11H,1-3H3;5-12H,1-4H3/q4*+1/i1D3,2D3,10D,11D,12D,14D;2D3,10D,12D;1D3,9D,10D,11D;2D3,9D,10D,11D. The minimum absolute atomic E-state index is 0.0127. The Balaban J connectivity index is 0.000000143. The highest BCUT2D eigenvalue weighted by Crippen LogP contribution is 2.41. The lowest BCUT2D eigenvalue weighted by Gasteiger charge is -2.09. The zero-order valence-corrected chi connectivity index (χ0v) is 54.9. The third-order valence-electron chi connectivity index (χ3n) is 17.6. The van der Waals surface area contributed by atoms with E-state index in [4.69, 9.17) is 54.7 Å². The van der Waals surface area contributed by atoms with Crippen LogP contribution in [0.4, 0.5) is 0 Å². The van der Waals surface area contributed by atoms with Crippen molar-refractivity contribution in [1.82, 2.24) is 0 Å². The van der Waals surface area contributed by atoms with E-state index in [1.165, 1.54) is 20.7 Å². The van der Waals surface area contributed by atoms with Crippen molar-refractivity contribution < 1.29 is 72.9 Å². The van der Waals surface area contributed by atoms with E-state index in [1.54, 1.807) is 106 Å². The number of nitrogens with zero attached hydrogens (tertiary/aromatic N) is 6. The van der Waals surface area contributed by atoms with Crippen LogP contribution in [-0.4, -0.2) is 0 Å². The Morgan fingerprint density at radius 3 is 1.33 bits per heavy atom. The normalized spacial score (nSPS) is 16.2. The van der Waals surface area contributed by atoms with Gasteiger partial charge in [0.2, 0.25) is 22.8 Å². The number of aryl methyl sites for hydroxylation is 6. The second kappa shape index (κ2) is 25.7. The first kappa shape index (κ1) is 39.4. The molecule has 10 heteroatoms. The molecule has 10 nitrogen and oxygen atoms in total. The van der Waals surface area contributed by atoms with Gasteiger partial charge in [0, 0.05) is 143 Å². The first-order valence-corrected chi connectivity index (χ1v) is 30.8. The van der Waals surface area contributed by atoms with Crippen molar-refractivity contribution in [1.29, 1.82) is 10.5 Å². The largest absolute Gasteiger partial charge is 0.456 e. The van der Waals surface area contributed by atoms with Gasteiger partial charge >= 0.3 is 0 Å². The zero-order valence-electron chi connectivity index (χ0n) is 81.9. The molecule has 8 aromatic heterocycles. The fourth-order valence-corrected chi connectivity index (χ4v) is 12.7. The van der Waals surface area contributed by atoms with E-state index in [0.29, 0.717) is 89.2 Å². The third kappa shape index (κ3) is 11.7. The quantitative estimate of drug-likeness (QED) is 0.159. The fraction of sp³-hybridized carbons (Fsp3) is 0.195. The molecule has 16 rings (SSSR count). The zero-order chi connectivity index (χ0) is 91.4. The predicted octanol–water partition coefficient (Wildman–Crippen LogP) is 20.3. The van der Waals surface area contributed by atoms with Crippen molar-refractivity contribution in [3.63, 3.8) is 0 Å². The SMILES string of the molecule is [2H]c1c(C([2H])(C([2H])([2H])[2H])C([2H])([2H])[2H])c([2H])c(-c2ccc3oc4c(C#N)cccc4c3c2C)[n+](C)c1[2H].[2H]c1c(C([2H])([2H])[2H])c([2H])c(-c2ccc3oc4c(C#N)cccc4c3c2C)[n+](C)c1[2H].[2H]c1c(C([2H])([2H])[2H])c([2H])c(-c2ccc3oc4cc(C)ccc4c3c2C)[n+](C)c1[2H].[2H]c1c(C([2H])([2H])[2H])c([2H])c(-c2ccc3oc4ccc(C)cc4c3c2C)[n+](C)c1C. The van der Waals surface area contributed by atoms with E-state index in [1.807, 2.05) is 83.1 Å². The number of benzene rings is 8. The Morgan fingerprint density at radius 1 is 0.402 bits per heavy atom. The van der Waals surface area contributed by atoms with Crippen molar-refractivity contribution in [3.05, 3.63) is 261 Å². The molecule has 0 saturated heterocycles. The molecule has 97 heavy (non-hydrogen) atoms. The molecule has 8 aromatic carbocycles. The fourth-order valence-electron chi connectivity index (χ4n) is 12.7. The molecule has 0 N–H and O–H groups in total. The summed E-state index contributed by atoms with van der Waals surface area (Å²) in [6, 6.07) is 37.4. The molecule has 0 unspecified atom stereocenters. The van der Waals surface area contributed by atoms with Gasteiger partial charge in [-0.05, 0) is 197 Å². The van der Waals surface area contributed by atoms with Crippen LogP contribution in [0.5, 0.6) is 0 Å². The Labute approximate surface area is 604 Å². The number of pyridine rings is 4. The number of hydrogen-bond acceptors (Lipinski definition) is 6. The van der Waals surface area contributed by atoms with Gasteiger partial charge in [0.05, 0.1) is 22.1 Å². The first-order valence-electron chi connectivity index (χ1n) is 44.3. The average molecular weight is 1300 g/mol. The van der Waals surface area contributed by atoms with Gasteiger partial charge in [-0.3, -0.25) is 0 Å². The van der Waals surface area contributed by atoms with E-state index < -0.39 is 87.2 Å². The van der Waals surface area contributed by atoms with Crippen molar-refractivity contribution in [3.8, 4) is 57.2 Å². The molecule has 0 radical (unpaired) electrons. The second-order valence-corrected chi connectivity index (χ2v) is 23.9. The van der Waals surface area contributed by atoms with Crippen LogP contribution in [0, 0.1) is 91.7 Å². The molecular weight excluding hydrogens is 1190 g/mol. The number of fused-ring (bicyclic) bond motifs is 12. The van der Waals surface area contributed by atoms with Gasteiger partial charge in [-0.15, -0.1) is 0 Å². The van der Waals surface area contributed by atoms with Gasteiger partial charge < -0.3 is 17.7 Å². The van der Waals surface area contributed by atoms with E-state index in [0.717, 1.165) is 82.4 Å². The lowest BCUT2D eigenvalue weighted by molar-refractivity contribution is -0.666. The van der Waals surface area contributed by atoms with Crippen molar-refractivity contribution in [2.75, 3.05) is 0 Å². The molecule has 8 heterocycles. The summed E-state index contributed by atoms with van der Waals surface area (Å²) in [5.74, 6) is -3.31. The summed E-state index contributed by atoms with van der Waals surface area (Å²) >= 11 is 0. The lowest BCUT2D eigenvalue weighted by Crippen LogP contribution is -2.35. The summed E-state index contributed by atoms with van der Waals surface area (Å²) in [6.07, 6.45) is -1.06. The smallest absolute Gasteiger partial charge is 0.213 e. The predicted molar refractivity (Wildman–Crippen MR) is 392 cm³/mol. The van der Waals surface area contributed by atoms with Gasteiger partial charge in [0.25, 0.3) is 0 Å². The molecule has 0 aliphatic rings. The summed E-state index contributed by atoms with van der Waals surface area (Å²) in [5, 5.41) is 25.4. The maximum atomic E-state index is 9.44. The van der Waals surface area contributed by atoms with Gasteiger partial charge in [-0.25, -0.2) is 13.7 Å². The van der Waals surface area contributed by atoms with Crippen molar-refractivity contribution in [2.45, 2.75) is 88.6 Å². The minimum atomic E-state index is -3.42. The monoisotopic (exact) mass is 1300 g/mol. The van der Waals surface area contributed by atoms with Gasteiger partial charge in [-0.2, -0.15) is 15.1 Å². The van der Waals surface area contributed by atoms with E-state index in [9.17, 15) is 10.5 Å². The van der Waals surface area contributed by atoms with E-state index >= 15 is 0 Å². The van der Waals surface area contributed by atoms with Crippen molar-refractivity contribution >= 4 is 87.8 Å². The Kier molecular flexibility index (Phi) is 10.4. The van der Waals surface area contributed by atoms with Crippen LogP contribution in [0.25, 0.3) is 133 Å². The number of aromatic nitrogens is 4. The molecular formula is C87H80N6O4+4. The lowest BCUT2D eigenvalue weighted by atomic mass is 9.96. The minimum Gasteiger partial charge on any atom is -0.456 e. The maximum absolute atomic E-state index is 9.44. The molecule has 0 amide bonds. The third-order valence-corrected chi connectivity index (χ3v) is 17.6. The average Bonchev–Trinajstić information content (AvgIpc) is 1.04. The van der Waals surface area contributed by atoms with E-state index in [2.05, 4.69) is 18.2 Å². The number of furan rings is 4. The molecule has 0 atom stereocenters. The van der Waals surface area contributed by atoms with Crippen LogP contribution < -0.4 is 18.3 Å². The Hall–Kier alpha value is -11.5. The molecule has 0 aliphatic heterocycles. The van der Waals surface area contributed by atoms with Crippen LogP contribution in [0.2, 0.25) is 0 Å². The molecule has 0 bridgehead atoms. The van der Waals surface area contributed by atoms with Gasteiger partial charge in [-0.1, -0.05) is 61.7 Å². The topological polar surface area (TPSA) is 116 Å². The van der Waals surface area contributed by atoms with Gasteiger partial charge in [0.15, 0.2) is 35.4 Å². The molecule has 0 aliphatic carbocycles. The van der Waals surface area contributed by atoms with Crippen molar-refractivity contribution in [2.24, 2.45) is 28.2 Å². The highest BCUT2D eigenvalue weighted by atomic mass is 16.3. The molecule has 478 valence electrons. The van der Waals surface area contributed by atoms with Crippen LogP contribution in [0.1, 0.15) is 129 Å². The van der Waals surface area contributed by atoms with Crippen LogP contribution in [0.3, 0.4) is 0 Å². The summed E-state index contributed by atoms with van der Waals surface area (Å²) < 4.78 is 247. The molecule has 0 spiro atoms. The summed E-state index contributed by atoms with van der Waals surface area (Å²) in [6.45, 7) is -1.54. The number of nitriles is 2. The number of rotatable bonds is 5.